The van der Waals surface area contributed by atoms with Gasteiger partial charge in [0.1, 0.15) is 5.00 Å². The topological polar surface area (TPSA) is 50.4 Å². The van der Waals surface area contributed by atoms with Gasteiger partial charge in [0.05, 0.1) is 12.7 Å². The largest absolute Gasteiger partial charge is 0.465 e. The number of ether oxygens (including phenoxy) is 1. The number of thiocarbonyl (C=S) groups is 1. The molecule has 1 aliphatic carbocycles. The number of carbonyl (C=O) groups excluding carboxylic acids is 1. The van der Waals surface area contributed by atoms with Gasteiger partial charge in [0.15, 0.2) is 5.11 Å². The Bertz CT molecular complexity index is 848. The highest BCUT2D eigenvalue weighted by molar-refractivity contribution is 7.80. The van der Waals surface area contributed by atoms with E-state index in [2.05, 4.69) is 31.4 Å². The molecule has 1 aromatic carbocycles. The van der Waals surface area contributed by atoms with Gasteiger partial charge in [-0.1, -0.05) is 51.1 Å². The molecule has 156 valence electrons. The molecule has 3 rings (SSSR count). The maximum absolute atomic E-state index is 12.3. The summed E-state index contributed by atoms with van der Waals surface area (Å²) in [5.74, 6) is 0.401. The normalized spacial score (nSPS) is 19.4. The first-order chi connectivity index (χ1) is 13.8. The molecular weight excluding hydrogens is 400 g/mol. The standard InChI is InChI=1S/C23H30N2O2S2/c1-23(2,3)16-10-12-17(13-11-16)24-22(28)25-20-18(21(26)27-4)14-19(29-20)15-8-6-5-7-9-15/h5-9,14,16-17H,10-13H2,1-4H3,(H2,24,25,28). The van der Waals surface area contributed by atoms with Crippen molar-refractivity contribution in [1.29, 1.82) is 0 Å². The number of hydrogen-bond donors (Lipinski definition) is 2. The van der Waals surface area contributed by atoms with Crippen molar-refractivity contribution in [2.75, 3.05) is 12.4 Å². The van der Waals surface area contributed by atoms with Gasteiger partial charge in [-0.15, -0.1) is 11.3 Å². The molecule has 29 heavy (non-hydrogen) atoms. The molecule has 1 aromatic heterocycles. The predicted octanol–water partition coefficient (Wildman–Crippen LogP) is 6.09. The Morgan fingerprint density at radius 2 is 1.79 bits per heavy atom. The summed E-state index contributed by atoms with van der Waals surface area (Å²) < 4.78 is 4.97. The third-order valence-corrected chi connectivity index (χ3v) is 7.03. The van der Waals surface area contributed by atoms with E-state index in [1.807, 2.05) is 36.4 Å². The molecule has 2 N–H and O–H groups in total. The molecule has 6 heteroatoms. The van der Waals surface area contributed by atoms with Crippen molar-refractivity contribution in [3.63, 3.8) is 0 Å². The lowest BCUT2D eigenvalue weighted by Gasteiger charge is -2.37. The zero-order chi connectivity index (χ0) is 21.0. The summed E-state index contributed by atoms with van der Waals surface area (Å²) in [6, 6.07) is 12.3. The SMILES string of the molecule is COC(=O)c1cc(-c2ccccc2)sc1NC(=S)NC1CCC(C(C)(C)C)CC1. The van der Waals surface area contributed by atoms with Crippen molar-refractivity contribution in [3.8, 4) is 10.4 Å². The first-order valence-corrected chi connectivity index (χ1v) is 11.4. The number of carbonyl (C=O) groups is 1. The van der Waals surface area contributed by atoms with E-state index < -0.39 is 0 Å². The van der Waals surface area contributed by atoms with E-state index in [1.54, 1.807) is 0 Å². The van der Waals surface area contributed by atoms with Crippen molar-refractivity contribution in [3.05, 3.63) is 42.0 Å². The molecule has 0 spiro atoms. The summed E-state index contributed by atoms with van der Waals surface area (Å²) in [4.78, 5) is 13.3. The monoisotopic (exact) mass is 430 g/mol. The summed E-state index contributed by atoms with van der Waals surface area (Å²) in [5.41, 5.74) is 1.94. The molecular formula is C23H30N2O2S2. The van der Waals surface area contributed by atoms with Gasteiger partial charge in [-0.3, -0.25) is 0 Å². The van der Waals surface area contributed by atoms with E-state index in [-0.39, 0.29) is 5.97 Å². The minimum Gasteiger partial charge on any atom is -0.465 e. The van der Waals surface area contributed by atoms with Crippen molar-refractivity contribution >= 4 is 39.6 Å². The van der Waals surface area contributed by atoms with Gasteiger partial charge in [-0.2, -0.15) is 0 Å². The smallest absolute Gasteiger partial charge is 0.340 e. The van der Waals surface area contributed by atoms with Gasteiger partial charge in [0.25, 0.3) is 0 Å². The molecule has 1 fully saturated rings. The van der Waals surface area contributed by atoms with Gasteiger partial charge in [0, 0.05) is 10.9 Å². The van der Waals surface area contributed by atoms with Crippen LogP contribution in [0.5, 0.6) is 0 Å². The number of nitrogens with one attached hydrogen (secondary N) is 2. The van der Waals surface area contributed by atoms with Crippen LogP contribution in [0.3, 0.4) is 0 Å². The van der Waals surface area contributed by atoms with E-state index in [9.17, 15) is 4.79 Å². The van der Waals surface area contributed by atoms with E-state index in [0.29, 0.717) is 22.1 Å². The zero-order valence-corrected chi connectivity index (χ0v) is 19.2. The first-order valence-electron chi connectivity index (χ1n) is 10.1. The van der Waals surface area contributed by atoms with E-state index in [1.165, 1.54) is 31.3 Å². The fourth-order valence-corrected chi connectivity index (χ4v) is 5.31. The quantitative estimate of drug-likeness (QED) is 0.454. The second-order valence-corrected chi connectivity index (χ2v) is 10.2. The molecule has 2 aromatic rings. The molecule has 1 aliphatic rings. The molecule has 0 bridgehead atoms. The Morgan fingerprint density at radius 1 is 1.14 bits per heavy atom. The van der Waals surface area contributed by atoms with E-state index in [4.69, 9.17) is 17.0 Å². The Labute approximate surface area is 183 Å². The number of rotatable bonds is 4. The average molecular weight is 431 g/mol. The van der Waals surface area contributed by atoms with Gasteiger partial charge in [0.2, 0.25) is 0 Å². The fraction of sp³-hybridized carbons (Fsp3) is 0.478. The summed E-state index contributed by atoms with van der Waals surface area (Å²) in [7, 11) is 1.40. The second kappa shape index (κ2) is 9.26. The van der Waals surface area contributed by atoms with Crippen LogP contribution in [0.4, 0.5) is 5.00 Å². The summed E-state index contributed by atoms with van der Waals surface area (Å²) >= 11 is 7.07. The van der Waals surface area contributed by atoms with Crippen LogP contribution in [0, 0.1) is 11.3 Å². The average Bonchev–Trinajstić information content (AvgIpc) is 3.11. The van der Waals surface area contributed by atoms with Crippen molar-refractivity contribution in [2.24, 2.45) is 11.3 Å². The minimum atomic E-state index is -0.362. The lowest BCUT2D eigenvalue weighted by molar-refractivity contribution is 0.0602. The minimum absolute atomic E-state index is 0.362. The number of anilines is 1. The van der Waals surface area contributed by atoms with Crippen LogP contribution in [-0.2, 0) is 4.74 Å². The summed E-state index contributed by atoms with van der Waals surface area (Å²) in [6.45, 7) is 6.98. The molecule has 4 nitrogen and oxygen atoms in total. The highest BCUT2D eigenvalue weighted by Gasteiger charge is 2.30. The zero-order valence-electron chi connectivity index (χ0n) is 17.6. The van der Waals surface area contributed by atoms with E-state index in [0.717, 1.165) is 34.2 Å². The molecule has 0 atom stereocenters. The van der Waals surface area contributed by atoms with Crippen molar-refractivity contribution in [1.82, 2.24) is 5.32 Å². The Kier molecular flexibility index (Phi) is 6.96. The van der Waals surface area contributed by atoms with Crippen LogP contribution >= 0.6 is 23.6 Å². The molecule has 1 heterocycles. The van der Waals surface area contributed by atoms with Crippen LogP contribution < -0.4 is 10.6 Å². The molecule has 1 saturated carbocycles. The van der Waals surface area contributed by atoms with Gasteiger partial charge in [-0.25, -0.2) is 4.79 Å². The molecule has 0 unspecified atom stereocenters. The molecule has 0 saturated heterocycles. The lowest BCUT2D eigenvalue weighted by atomic mass is 9.71. The summed E-state index contributed by atoms with van der Waals surface area (Å²) in [6.07, 6.45) is 4.67. The molecule has 0 aliphatic heterocycles. The third kappa shape index (κ3) is 5.58. The van der Waals surface area contributed by atoms with Gasteiger partial charge in [-0.05, 0) is 60.9 Å². The van der Waals surface area contributed by atoms with Crippen LogP contribution in [-0.4, -0.2) is 24.2 Å². The second-order valence-electron chi connectivity index (χ2n) is 8.72. The molecule has 0 radical (unpaired) electrons. The van der Waals surface area contributed by atoms with Crippen molar-refractivity contribution in [2.45, 2.75) is 52.5 Å². The lowest BCUT2D eigenvalue weighted by Crippen LogP contribution is -2.41. The van der Waals surface area contributed by atoms with Crippen LogP contribution in [0.15, 0.2) is 36.4 Å². The fourth-order valence-electron chi connectivity index (χ4n) is 3.92. The summed E-state index contributed by atoms with van der Waals surface area (Å²) in [5, 5.41) is 7.97. The number of thiophene rings is 1. The predicted molar refractivity (Wildman–Crippen MR) is 126 cm³/mol. The van der Waals surface area contributed by atoms with Crippen molar-refractivity contribution < 1.29 is 9.53 Å². The highest BCUT2D eigenvalue weighted by atomic mass is 32.1. The Balaban J connectivity index is 1.67. The number of methoxy groups -OCH3 is 1. The van der Waals surface area contributed by atoms with Crippen LogP contribution in [0.25, 0.3) is 10.4 Å². The Morgan fingerprint density at radius 3 is 2.38 bits per heavy atom. The maximum Gasteiger partial charge on any atom is 0.340 e. The molecule has 0 amide bonds. The maximum atomic E-state index is 12.3. The number of esters is 1. The Hall–Kier alpha value is -1.92. The number of hydrogen-bond acceptors (Lipinski definition) is 4. The number of benzene rings is 1. The third-order valence-electron chi connectivity index (χ3n) is 5.71. The van der Waals surface area contributed by atoms with Gasteiger partial charge < -0.3 is 15.4 Å². The highest BCUT2D eigenvalue weighted by Crippen LogP contribution is 2.38. The van der Waals surface area contributed by atoms with Crippen LogP contribution in [0.1, 0.15) is 56.8 Å². The van der Waals surface area contributed by atoms with E-state index >= 15 is 0 Å². The van der Waals surface area contributed by atoms with Gasteiger partial charge >= 0.3 is 5.97 Å². The first kappa shape index (κ1) is 21.8. The van der Waals surface area contributed by atoms with Crippen LogP contribution in [0.2, 0.25) is 0 Å².